The van der Waals surface area contributed by atoms with Crippen LogP contribution >= 0.6 is 0 Å². The average Bonchev–Trinajstić information content (AvgIpc) is 2.24. The van der Waals surface area contributed by atoms with Gasteiger partial charge in [-0.25, -0.2) is 0 Å². The molecule has 0 unspecified atom stereocenters. The molecule has 1 aliphatic heterocycles. The maximum absolute atomic E-state index is 8.61. The van der Waals surface area contributed by atoms with Gasteiger partial charge in [0.2, 0.25) is 0 Å². The number of aliphatic hydroxyl groups is 1. The van der Waals surface area contributed by atoms with Crippen LogP contribution in [0.3, 0.4) is 0 Å². The molecule has 1 rings (SSSR count). The number of hydrogen-bond acceptors (Lipinski definition) is 3. The van der Waals surface area contributed by atoms with Gasteiger partial charge in [-0.3, -0.25) is 0 Å². The van der Waals surface area contributed by atoms with Gasteiger partial charge in [0.15, 0.2) is 0 Å². The second-order valence-corrected chi connectivity index (χ2v) is 5.20. The van der Waals surface area contributed by atoms with Gasteiger partial charge in [-0.1, -0.05) is 32.6 Å². The molecule has 0 atom stereocenters. The molecule has 1 fully saturated rings. The van der Waals surface area contributed by atoms with E-state index in [1.165, 1.54) is 19.3 Å². The highest BCUT2D eigenvalue weighted by atomic mass is 16.5. The van der Waals surface area contributed by atoms with Crippen LogP contribution < -0.4 is 0 Å². The van der Waals surface area contributed by atoms with Gasteiger partial charge in [0.1, 0.15) is 0 Å². The van der Waals surface area contributed by atoms with Gasteiger partial charge in [0, 0.05) is 18.6 Å². The highest BCUT2D eigenvalue weighted by molar-refractivity contribution is 4.79. The predicted octanol–water partition coefficient (Wildman–Crippen LogP) is 2.37. The zero-order valence-corrected chi connectivity index (χ0v) is 10.5. The zero-order chi connectivity index (χ0) is 11.7. The number of rotatable bonds is 10. The molecule has 1 saturated heterocycles. The van der Waals surface area contributed by atoms with E-state index in [0.29, 0.717) is 12.0 Å². The first-order chi connectivity index (χ1) is 7.77. The Labute approximate surface area is 99.1 Å². The summed E-state index contributed by atoms with van der Waals surface area (Å²) in [6.45, 7) is 5.99. The highest BCUT2D eigenvalue weighted by Gasteiger charge is 2.33. The quantitative estimate of drug-likeness (QED) is 0.586. The van der Waals surface area contributed by atoms with Crippen LogP contribution in [0.2, 0.25) is 0 Å². The Morgan fingerprint density at radius 2 is 1.69 bits per heavy atom. The lowest BCUT2D eigenvalue weighted by Gasteiger charge is -2.37. The lowest BCUT2D eigenvalue weighted by atomic mass is 9.90. The Hall–Kier alpha value is -0.120. The summed E-state index contributed by atoms with van der Waals surface area (Å²) in [5.41, 5.74) is 0.293. The van der Waals surface area contributed by atoms with Crippen molar-refractivity contribution < 1.29 is 14.6 Å². The van der Waals surface area contributed by atoms with E-state index in [1.807, 2.05) is 0 Å². The summed E-state index contributed by atoms with van der Waals surface area (Å²) in [6, 6.07) is 0. The molecular formula is C13H26O3. The van der Waals surface area contributed by atoms with Crippen molar-refractivity contribution in [1.29, 1.82) is 0 Å². The van der Waals surface area contributed by atoms with Crippen LogP contribution in [0.25, 0.3) is 0 Å². The van der Waals surface area contributed by atoms with Gasteiger partial charge in [-0.05, 0) is 12.8 Å². The van der Waals surface area contributed by atoms with Crippen molar-refractivity contribution in [2.75, 3.05) is 33.0 Å². The molecule has 0 spiro atoms. The number of aliphatic hydroxyl groups excluding tert-OH is 1. The van der Waals surface area contributed by atoms with Crippen LogP contribution in [-0.4, -0.2) is 38.1 Å². The minimum atomic E-state index is 0.293. The maximum Gasteiger partial charge on any atom is 0.0564 e. The van der Waals surface area contributed by atoms with Gasteiger partial charge in [-0.15, -0.1) is 0 Å². The van der Waals surface area contributed by atoms with Crippen molar-refractivity contribution in [3.63, 3.8) is 0 Å². The van der Waals surface area contributed by atoms with E-state index in [2.05, 4.69) is 6.92 Å². The molecule has 0 bridgehead atoms. The Morgan fingerprint density at radius 3 is 2.25 bits per heavy atom. The van der Waals surface area contributed by atoms with Crippen molar-refractivity contribution in [2.24, 2.45) is 5.41 Å². The number of unbranched alkanes of at least 4 members (excludes halogenated alkanes) is 5. The van der Waals surface area contributed by atoms with Gasteiger partial charge in [0.25, 0.3) is 0 Å². The first-order valence-corrected chi connectivity index (χ1v) is 6.53. The van der Waals surface area contributed by atoms with Crippen LogP contribution in [-0.2, 0) is 9.47 Å². The van der Waals surface area contributed by atoms with Gasteiger partial charge in [-0.2, -0.15) is 0 Å². The minimum Gasteiger partial charge on any atom is -0.396 e. The molecule has 0 aromatic heterocycles. The molecule has 0 saturated carbocycles. The second-order valence-electron chi connectivity index (χ2n) is 5.20. The van der Waals surface area contributed by atoms with Crippen molar-refractivity contribution >= 4 is 0 Å². The van der Waals surface area contributed by atoms with E-state index in [0.717, 1.165) is 45.7 Å². The third-order valence-corrected chi connectivity index (χ3v) is 3.05. The van der Waals surface area contributed by atoms with Crippen molar-refractivity contribution in [3.05, 3.63) is 0 Å². The van der Waals surface area contributed by atoms with E-state index < -0.39 is 0 Å². The molecule has 1 heterocycles. The maximum atomic E-state index is 8.61. The zero-order valence-electron chi connectivity index (χ0n) is 10.5. The molecular weight excluding hydrogens is 204 g/mol. The van der Waals surface area contributed by atoms with Gasteiger partial charge < -0.3 is 14.6 Å². The summed E-state index contributed by atoms with van der Waals surface area (Å²) in [6.07, 6.45) is 7.03. The SMILES string of the molecule is CC1(COCCCCCCCCO)COC1. The topological polar surface area (TPSA) is 38.7 Å². The summed E-state index contributed by atoms with van der Waals surface area (Å²) >= 11 is 0. The monoisotopic (exact) mass is 230 g/mol. The summed E-state index contributed by atoms with van der Waals surface area (Å²) in [5, 5.41) is 8.61. The van der Waals surface area contributed by atoms with Crippen LogP contribution in [0, 0.1) is 5.41 Å². The van der Waals surface area contributed by atoms with Crippen LogP contribution in [0.1, 0.15) is 45.4 Å². The Kier molecular flexibility index (Phi) is 7.01. The third-order valence-electron chi connectivity index (χ3n) is 3.05. The molecule has 0 aromatic carbocycles. The Morgan fingerprint density at radius 1 is 1.06 bits per heavy atom. The highest BCUT2D eigenvalue weighted by Crippen LogP contribution is 2.26. The fourth-order valence-electron chi connectivity index (χ4n) is 1.88. The van der Waals surface area contributed by atoms with Crippen LogP contribution in [0.5, 0.6) is 0 Å². The minimum absolute atomic E-state index is 0.293. The lowest BCUT2D eigenvalue weighted by molar-refractivity contribution is -0.137. The van der Waals surface area contributed by atoms with Gasteiger partial charge in [0.05, 0.1) is 19.8 Å². The molecule has 0 aliphatic carbocycles. The molecule has 16 heavy (non-hydrogen) atoms. The van der Waals surface area contributed by atoms with Crippen molar-refractivity contribution in [2.45, 2.75) is 45.4 Å². The lowest BCUT2D eigenvalue weighted by Crippen LogP contribution is -2.43. The summed E-state index contributed by atoms with van der Waals surface area (Å²) < 4.78 is 10.8. The molecule has 0 radical (unpaired) electrons. The number of ether oxygens (including phenoxy) is 2. The van der Waals surface area contributed by atoms with E-state index in [1.54, 1.807) is 0 Å². The van der Waals surface area contributed by atoms with Crippen molar-refractivity contribution in [3.8, 4) is 0 Å². The normalized spacial score (nSPS) is 18.4. The van der Waals surface area contributed by atoms with E-state index in [-0.39, 0.29) is 0 Å². The van der Waals surface area contributed by atoms with E-state index in [4.69, 9.17) is 14.6 Å². The largest absolute Gasteiger partial charge is 0.396 e. The van der Waals surface area contributed by atoms with E-state index in [9.17, 15) is 0 Å². The van der Waals surface area contributed by atoms with Crippen LogP contribution in [0.15, 0.2) is 0 Å². The number of hydrogen-bond donors (Lipinski definition) is 1. The summed E-state index contributed by atoms with van der Waals surface area (Å²) in [7, 11) is 0. The summed E-state index contributed by atoms with van der Waals surface area (Å²) in [4.78, 5) is 0. The molecule has 1 aliphatic rings. The third kappa shape index (κ3) is 5.83. The Bertz CT molecular complexity index is 167. The van der Waals surface area contributed by atoms with Gasteiger partial charge >= 0.3 is 0 Å². The molecule has 1 N–H and O–H groups in total. The average molecular weight is 230 g/mol. The molecule has 0 aromatic rings. The fraction of sp³-hybridized carbons (Fsp3) is 1.00. The smallest absolute Gasteiger partial charge is 0.0564 e. The first kappa shape index (κ1) is 13.9. The summed E-state index contributed by atoms with van der Waals surface area (Å²) in [5.74, 6) is 0. The Balaban J connectivity index is 1.74. The predicted molar refractivity (Wildman–Crippen MR) is 64.5 cm³/mol. The van der Waals surface area contributed by atoms with Crippen molar-refractivity contribution in [1.82, 2.24) is 0 Å². The molecule has 3 heteroatoms. The molecule has 0 amide bonds. The van der Waals surface area contributed by atoms with E-state index >= 15 is 0 Å². The molecule has 96 valence electrons. The van der Waals surface area contributed by atoms with Crippen LogP contribution in [0.4, 0.5) is 0 Å². The standard InChI is InChI=1S/C13H26O3/c1-13(11-16-12-13)10-15-9-7-5-3-2-4-6-8-14/h14H,2-12H2,1H3. The molecule has 3 nitrogen and oxygen atoms in total. The second kappa shape index (κ2) is 8.04. The first-order valence-electron chi connectivity index (χ1n) is 6.53. The fourth-order valence-corrected chi connectivity index (χ4v) is 1.88.